The van der Waals surface area contributed by atoms with Gasteiger partial charge in [0, 0.05) is 23.1 Å². The molecule has 1 aromatic heterocycles. The van der Waals surface area contributed by atoms with Crippen LogP contribution < -0.4 is 5.32 Å². The fraction of sp³-hybridized carbons (Fsp3) is 0.200. The largest absolute Gasteiger partial charge is 0.457 e. The maximum absolute atomic E-state index is 12.3. The summed E-state index contributed by atoms with van der Waals surface area (Å²) in [7, 11) is 0. The molecule has 0 fully saturated rings. The highest BCUT2D eigenvalue weighted by molar-refractivity contribution is 6.00. The molecule has 2 aromatic carbocycles. The maximum Gasteiger partial charge on any atom is 0.312 e. The number of benzene rings is 2. The number of fused-ring (bicyclic) bond motifs is 2. The number of hydrogen-bond acceptors (Lipinski definition) is 6. The summed E-state index contributed by atoms with van der Waals surface area (Å²) in [5.41, 5.74) is 3.15. The molecule has 136 valence electrons. The highest BCUT2D eigenvalue weighted by Crippen LogP contribution is 2.24. The Balaban J connectivity index is 1.37. The standard InChI is InChI=1S/C20H16N2O5/c23-17(13-5-7-15-12(9-13)6-8-19(24)21-15)11-26-20(25)10-16-14-3-1-2-4-18(14)27-22-16/h1-5,7,9H,6,8,10-11H2,(H,21,24). The van der Waals surface area contributed by atoms with Gasteiger partial charge < -0.3 is 14.6 Å². The van der Waals surface area contributed by atoms with Gasteiger partial charge in [0.05, 0.1) is 6.42 Å². The number of nitrogens with one attached hydrogen (secondary N) is 1. The molecule has 0 spiro atoms. The van der Waals surface area contributed by atoms with Crippen molar-refractivity contribution in [2.45, 2.75) is 19.3 Å². The first-order chi connectivity index (χ1) is 13.1. The zero-order valence-electron chi connectivity index (χ0n) is 14.4. The summed E-state index contributed by atoms with van der Waals surface area (Å²) >= 11 is 0. The van der Waals surface area contributed by atoms with E-state index in [2.05, 4.69) is 10.5 Å². The van der Waals surface area contributed by atoms with Gasteiger partial charge in [0.1, 0.15) is 5.69 Å². The first-order valence-electron chi connectivity index (χ1n) is 8.55. The van der Waals surface area contributed by atoms with Crippen LogP contribution in [0, 0.1) is 0 Å². The number of anilines is 1. The number of esters is 1. The minimum Gasteiger partial charge on any atom is -0.457 e. The van der Waals surface area contributed by atoms with Crippen molar-refractivity contribution >= 4 is 34.3 Å². The second-order valence-corrected chi connectivity index (χ2v) is 6.31. The Bertz CT molecular complexity index is 1050. The Morgan fingerprint density at radius 2 is 2.00 bits per heavy atom. The van der Waals surface area contributed by atoms with Crippen molar-refractivity contribution in [3.63, 3.8) is 0 Å². The van der Waals surface area contributed by atoms with Crippen molar-refractivity contribution in [1.29, 1.82) is 0 Å². The summed E-state index contributed by atoms with van der Waals surface area (Å²) in [6.07, 6.45) is 0.910. The zero-order valence-corrected chi connectivity index (χ0v) is 14.4. The van der Waals surface area contributed by atoms with Gasteiger partial charge >= 0.3 is 5.97 Å². The molecule has 3 aromatic rings. The number of Topliss-reactive ketones (excluding diaryl/α,β-unsaturated/α-hetero) is 1. The fourth-order valence-corrected chi connectivity index (χ4v) is 3.04. The van der Waals surface area contributed by atoms with Gasteiger partial charge in [0.25, 0.3) is 0 Å². The van der Waals surface area contributed by atoms with Crippen LogP contribution in [0.25, 0.3) is 11.0 Å². The Morgan fingerprint density at radius 1 is 1.15 bits per heavy atom. The average Bonchev–Trinajstić information content (AvgIpc) is 3.08. The predicted molar refractivity (Wildman–Crippen MR) is 96.4 cm³/mol. The molecule has 7 nitrogen and oxygen atoms in total. The van der Waals surface area contributed by atoms with Crippen LogP contribution in [0.1, 0.15) is 28.0 Å². The van der Waals surface area contributed by atoms with E-state index in [4.69, 9.17) is 9.26 Å². The van der Waals surface area contributed by atoms with Gasteiger partial charge in [-0.2, -0.15) is 0 Å². The number of hydrogen-bond donors (Lipinski definition) is 1. The molecule has 1 amide bonds. The normalized spacial score (nSPS) is 13.1. The average molecular weight is 364 g/mol. The molecule has 0 unspecified atom stereocenters. The number of aryl methyl sites for hydroxylation is 1. The van der Waals surface area contributed by atoms with Crippen LogP contribution in [-0.4, -0.2) is 29.4 Å². The molecule has 2 heterocycles. The molecule has 27 heavy (non-hydrogen) atoms. The van der Waals surface area contributed by atoms with Crippen molar-refractivity contribution in [3.8, 4) is 0 Å². The Hall–Kier alpha value is -3.48. The summed E-state index contributed by atoms with van der Waals surface area (Å²) in [4.78, 5) is 35.8. The Kier molecular flexibility index (Phi) is 4.42. The molecule has 1 aliphatic heterocycles. The lowest BCUT2D eigenvalue weighted by Gasteiger charge is -2.17. The molecule has 0 saturated carbocycles. The van der Waals surface area contributed by atoms with E-state index in [1.165, 1.54) is 0 Å². The lowest BCUT2D eigenvalue weighted by molar-refractivity contribution is -0.141. The molecule has 0 aliphatic carbocycles. The van der Waals surface area contributed by atoms with Crippen LogP contribution in [0.2, 0.25) is 0 Å². The summed E-state index contributed by atoms with van der Waals surface area (Å²) in [6, 6.07) is 12.3. The van der Waals surface area contributed by atoms with E-state index in [0.717, 1.165) is 16.6 Å². The molecule has 0 atom stereocenters. The molecule has 0 radical (unpaired) electrons. The topological polar surface area (TPSA) is 98.5 Å². The van der Waals surface area contributed by atoms with E-state index in [1.54, 1.807) is 24.3 Å². The number of nitrogens with zero attached hydrogens (tertiary/aromatic N) is 1. The van der Waals surface area contributed by atoms with E-state index in [-0.39, 0.29) is 24.7 Å². The third-order valence-corrected chi connectivity index (χ3v) is 4.45. The second-order valence-electron chi connectivity index (χ2n) is 6.31. The summed E-state index contributed by atoms with van der Waals surface area (Å²) < 4.78 is 10.3. The van der Waals surface area contributed by atoms with Gasteiger partial charge in [0.15, 0.2) is 18.0 Å². The first-order valence-corrected chi connectivity index (χ1v) is 8.55. The van der Waals surface area contributed by atoms with E-state index >= 15 is 0 Å². The summed E-state index contributed by atoms with van der Waals surface area (Å²) in [5, 5.41) is 7.39. The SMILES string of the molecule is O=C1CCc2cc(C(=O)COC(=O)Cc3noc4ccccc34)ccc2N1. The molecular weight excluding hydrogens is 348 g/mol. The molecule has 4 rings (SSSR count). The highest BCUT2D eigenvalue weighted by Gasteiger charge is 2.18. The number of carbonyl (C=O) groups excluding carboxylic acids is 3. The Morgan fingerprint density at radius 3 is 2.89 bits per heavy atom. The minimum atomic E-state index is -0.548. The van der Waals surface area contributed by atoms with Crippen molar-refractivity contribution in [2.24, 2.45) is 0 Å². The number of ether oxygens (including phenoxy) is 1. The van der Waals surface area contributed by atoms with Crippen molar-refractivity contribution in [1.82, 2.24) is 5.16 Å². The van der Waals surface area contributed by atoms with Crippen LogP contribution in [-0.2, 0) is 27.2 Å². The van der Waals surface area contributed by atoms with Gasteiger partial charge in [-0.3, -0.25) is 14.4 Å². The van der Waals surface area contributed by atoms with Crippen LogP contribution >= 0.6 is 0 Å². The number of carbonyl (C=O) groups is 3. The van der Waals surface area contributed by atoms with E-state index < -0.39 is 5.97 Å². The molecule has 1 aliphatic rings. The van der Waals surface area contributed by atoms with Gasteiger partial charge in [0.2, 0.25) is 5.91 Å². The van der Waals surface area contributed by atoms with Gasteiger partial charge in [-0.1, -0.05) is 17.3 Å². The van der Waals surface area contributed by atoms with E-state index in [1.807, 2.05) is 18.2 Å². The Labute approximate surface area is 154 Å². The number of para-hydroxylation sites is 1. The van der Waals surface area contributed by atoms with Crippen LogP contribution in [0.15, 0.2) is 47.0 Å². The quantitative estimate of drug-likeness (QED) is 0.552. The second kappa shape index (κ2) is 7.03. The highest BCUT2D eigenvalue weighted by atomic mass is 16.5. The minimum absolute atomic E-state index is 0.0316. The van der Waals surface area contributed by atoms with Crippen molar-refractivity contribution < 1.29 is 23.6 Å². The summed E-state index contributed by atoms with van der Waals surface area (Å²) in [5.74, 6) is -0.878. The van der Waals surface area contributed by atoms with Crippen LogP contribution in [0.5, 0.6) is 0 Å². The van der Waals surface area contributed by atoms with E-state index in [9.17, 15) is 14.4 Å². The lowest BCUT2D eigenvalue weighted by atomic mass is 9.99. The van der Waals surface area contributed by atoms with Gasteiger partial charge in [-0.05, 0) is 42.3 Å². The van der Waals surface area contributed by atoms with Crippen molar-refractivity contribution in [2.75, 3.05) is 11.9 Å². The molecule has 1 N–H and O–H groups in total. The van der Waals surface area contributed by atoms with Gasteiger partial charge in [-0.25, -0.2) is 0 Å². The number of ketones is 1. The molecule has 7 heteroatoms. The fourth-order valence-electron chi connectivity index (χ4n) is 3.04. The van der Waals surface area contributed by atoms with Crippen LogP contribution in [0.4, 0.5) is 5.69 Å². The zero-order chi connectivity index (χ0) is 18.8. The molecule has 0 bridgehead atoms. The van der Waals surface area contributed by atoms with Crippen LogP contribution in [0.3, 0.4) is 0 Å². The number of rotatable bonds is 5. The third-order valence-electron chi connectivity index (χ3n) is 4.45. The monoisotopic (exact) mass is 364 g/mol. The molecule has 0 saturated heterocycles. The first kappa shape index (κ1) is 17.0. The lowest BCUT2D eigenvalue weighted by Crippen LogP contribution is -2.20. The predicted octanol–water partition coefficient (Wildman–Crippen LogP) is 2.68. The van der Waals surface area contributed by atoms with Gasteiger partial charge in [-0.15, -0.1) is 0 Å². The number of aromatic nitrogens is 1. The number of amides is 1. The van der Waals surface area contributed by atoms with E-state index in [0.29, 0.717) is 29.7 Å². The third kappa shape index (κ3) is 3.57. The summed E-state index contributed by atoms with van der Waals surface area (Å²) in [6.45, 7) is -0.347. The smallest absolute Gasteiger partial charge is 0.312 e. The molecular formula is C20H16N2O5. The van der Waals surface area contributed by atoms with Crippen molar-refractivity contribution in [3.05, 3.63) is 59.3 Å². The maximum atomic E-state index is 12.3.